The van der Waals surface area contributed by atoms with E-state index in [1.54, 1.807) is 24.8 Å². The average molecular weight is 453 g/mol. The number of thioether (sulfide) groups is 1. The Labute approximate surface area is 192 Å². The summed E-state index contributed by atoms with van der Waals surface area (Å²) in [7, 11) is 0. The molecule has 3 aromatic rings. The van der Waals surface area contributed by atoms with Crippen molar-refractivity contribution in [2.75, 3.05) is 31.1 Å². The lowest BCUT2D eigenvalue weighted by molar-refractivity contribution is 0.249. The third-order valence-electron chi connectivity index (χ3n) is 5.61. The van der Waals surface area contributed by atoms with E-state index >= 15 is 0 Å². The highest BCUT2D eigenvalue weighted by Crippen LogP contribution is 2.30. The molecule has 0 radical (unpaired) electrons. The van der Waals surface area contributed by atoms with Crippen molar-refractivity contribution in [1.29, 1.82) is 0 Å². The third kappa shape index (κ3) is 5.05. The zero-order valence-corrected chi connectivity index (χ0v) is 19.6. The van der Waals surface area contributed by atoms with E-state index in [9.17, 15) is 9.18 Å². The number of hydrogen-bond donors (Lipinski definition) is 0. The normalized spacial score (nSPS) is 14.8. The second kappa shape index (κ2) is 9.88. The van der Waals surface area contributed by atoms with Gasteiger partial charge in [0.2, 0.25) is 0 Å². The third-order valence-corrected chi connectivity index (χ3v) is 6.70. The SMILES string of the molecule is Cc1cc(CN2CCN(c3cnn(-c4ccccc4)c(=O)c3SC(C)C)CC2)ccc1F. The Morgan fingerprint density at radius 2 is 1.78 bits per heavy atom. The molecule has 1 saturated heterocycles. The van der Waals surface area contributed by atoms with Crippen LogP contribution in [0.3, 0.4) is 0 Å². The summed E-state index contributed by atoms with van der Waals surface area (Å²) >= 11 is 1.60. The Kier molecular flexibility index (Phi) is 6.96. The summed E-state index contributed by atoms with van der Waals surface area (Å²) in [6, 6.07) is 14.9. The fourth-order valence-electron chi connectivity index (χ4n) is 3.96. The van der Waals surface area contributed by atoms with Gasteiger partial charge < -0.3 is 4.90 Å². The van der Waals surface area contributed by atoms with Crippen LogP contribution in [0, 0.1) is 12.7 Å². The lowest BCUT2D eigenvalue weighted by Gasteiger charge is -2.36. The number of rotatable bonds is 6. The van der Waals surface area contributed by atoms with Gasteiger partial charge in [-0.25, -0.2) is 4.39 Å². The molecule has 4 rings (SSSR count). The van der Waals surface area contributed by atoms with Crippen molar-refractivity contribution in [2.45, 2.75) is 37.5 Å². The van der Waals surface area contributed by atoms with Crippen LogP contribution in [-0.4, -0.2) is 46.1 Å². The zero-order chi connectivity index (χ0) is 22.7. The van der Waals surface area contributed by atoms with Gasteiger partial charge in [0.05, 0.1) is 22.5 Å². The van der Waals surface area contributed by atoms with E-state index in [0.717, 1.165) is 54.6 Å². The van der Waals surface area contributed by atoms with Crippen LogP contribution in [0.5, 0.6) is 0 Å². The first kappa shape index (κ1) is 22.6. The molecule has 0 saturated carbocycles. The van der Waals surface area contributed by atoms with Crippen molar-refractivity contribution in [3.05, 3.63) is 82.0 Å². The van der Waals surface area contributed by atoms with Crippen LogP contribution >= 0.6 is 11.8 Å². The number of halogens is 1. The maximum atomic E-state index is 13.6. The largest absolute Gasteiger partial charge is 0.367 e. The summed E-state index contributed by atoms with van der Waals surface area (Å²) in [5.41, 5.74) is 3.42. The summed E-state index contributed by atoms with van der Waals surface area (Å²) in [4.78, 5) is 18.7. The summed E-state index contributed by atoms with van der Waals surface area (Å²) < 4.78 is 15.0. The van der Waals surface area contributed by atoms with Gasteiger partial charge in [-0.15, -0.1) is 11.8 Å². The standard InChI is InChI=1S/C25H29FN4OS/c1-18(2)32-24-23(16-27-30(25(24)31)21-7-5-4-6-8-21)29-13-11-28(12-14-29)17-20-9-10-22(26)19(3)15-20/h4-10,15-16,18H,11-14,17H2,1-3H3. The first-order chi connectivity index (χ1) is 15.4. The minimum Gasteiger partial charge on any atom is -0.367 e. The van der Waals surface area contributed by atoms with E-state index in [4.69, 9.17) is 0 Å². The number of anilines is 1. The number of para-hydroxylation sites is 1. The monoisotopic (exact) mass is 452 g/mol. The Bertz CT molecular complexity index is 1120. The van der Waals surface area contributed by atoms with Crippen LogP contribution in [0.4, 0.5) is 10.1 Å². The summed E-state index contributed by atoms with van der Waals surface area (Å²) in [6.45, 7) is 10.2. The van der Waals surface area contributed by atoms with Crippen molar-refractivity contribution < 1.29 is 4.39 Å². The molecular weight excluding hydrogens is 423 g/mol. The van der Waals surface area contributed by atoms with Gasteiger partial charge in [-0.05, 0) is 36.2 Å². The number of hydrogen-bond acceptors (Lipinski definition) is 5. The Hall–Kier alpha value is -2.64. The van der Waals surface area contributed by atoms with Crippen LogP contribution in [0.25, 0.3) is 5.69 Å². The molecule has 5 nitrogen and oxygen atoms in total. The van der Waals surface area contributed by atoms with Gasteiger partial charge >= 0.3 is 0 Å². The molecule has 0 amide bonds. The number of nitrogens with zero attached hydrogens (tertiary/aromatic N) is 4. The van der Waals surface area contributed by atoms with Crippen molar-refractivity contribution in [3.8, 4) is 5.69 Å². The zero-order valence-electron chi connectivity index (χ0n) is 18.8. The number of benzene rings is 2. The predicted octanol–water partition coefficient (Wildman–Crippen LogP) is 4.50. The average Bonchev–Trinajstić information content (AvgIpc) is 2.79. The molecule has 1 fully saturated rings. The number of aromatic nitrogens is 2. The molecule has 1 aliphatic heterocycles. The van der Waals surface area contributed by atoms with Gasteiger partial charge in [0.25, 0.3) is 5.56 Å². The maximum Gasteiger partial charge on any atom is 0.287 e. The van der Waals surface area contributed by atoms with Crippen LogP contribution in [0.1, 0.15) is 25.0 Å². The summed E-state index contributed by atoms with van der Waals surface area (Å²) in [5.74, 6) is -0.161. The minimum atomic E-state index is -0.161. The highest BCUT2D eigenvalue weighted by molar-refractivity contribution is 8.00. The van der Waals surface area contributed by atoms with Crippen molar-refractivity contribution in [1.82, 2.24) is 14.7 Å². The van der Waals surface area contributed by atoms with Gasteiger partial charge in [0.15, 0.2) is 0 Å². The molecule has 0 bridgehead atoms. The first-order valence-electron chi connectivity index (χ1n) is 11.0. The van der Waals surface area contributed by atoms with Crippen LogP contribution < -0.4 is 10.5 Å². The molecule has 0 unspecified atom stereocenters. The quantitative estimate of drug-likeness (QED) is 0.515. The molecule has 32 heavy (non-hydrogen) atoms. The number of aryl methyl sites for hydroxylation is 1. The van der Waals surface area contributed by atoms with Crippen LogP contribution in [0.15, 0.2) is 64.4 Å². The van der Waals surface area contributed by atoms with Crippen LogP contribution in [0.2, 0.25) is 0 Å². The summed E-state index contributed by atoms with van der Waals surface area (Å²) in [6.07, 6.45) is 1.83. The summed E-state index contributed by atoms with van der Waals surface area (Å²) in [5, 5.41) is 4.78. The first-order valence-corrected chi connectivity index (χ1v) is 11.9. The van der Waals surface area contributed by atoms with Crippen LogP contribution in [-0.2, 0) is 6.54 Å². The highest BCUT2D eigenvalue weighted by Gasteiger charge is 2.23. The highest BCUT2D eigenvalue weighted by atomic mass is 32.2. The van der Waals surface area contributed by atoms with Crippen molar-refractivity contribution in [3.63, 3.8) is 0 Å². The second-order valence-electron chi connectivity index (χ2n) is 8.42. The Morgan fingerprint density at radius 3 is 2.44 bits per heavy atom. The van der Waals surface area contributed by atoms with E-state index in [2.05, 4.69) is 28.7 Å². The Morgan fingerprint density at radius 1 is 1.06 bits per heavy atom. The van der Waals surface area contributed by atoms with Crippen molar-refractivity contribution in [2.24, 2.45) is 0 Å². The van der Waals surface area contributed by atoms with E-state index in [0.29, 0.717) is 5.56 Å². The number of piperazine rings is 1. The van der Waals surface area contributed by atoms with Gasteiger partial charge in [-0.1, -0.05) is 44.2 Å². The fraction of sp³-hybridized carbons (Fsp3) is 0.360. The van der Waals surface area contributed by atoms with Crippen molar-refractivity contribution >= 4 is 17.4 Å². The molecule has 7 heteroatoms. The van der Waals surface area contributed by atoms with Gasteiger partial charge in [-0.2, -0.15) is 9.78 Å². The molecule has 0 aliphatic carbocycles. The molecular formula is C25H29FN4OS. The Balaban J connectivity index is 1.52. The smallest absolute Gasteiger partial charge is 0.287 e. The molecule has 0 N–H and O–H groups in total. The lowest BCUT2D eigenvalue weighted by atomic mass is 10.1. The predicted molar refractivity (Wildman–Crippen MR) is 129 cm³/mol. The molecule has 0 spiro atoms. The molecule has 0 atom stereocenters. The molecule has 2 heterocycles. The second-order valence-corrected chi connectivity index (χ2v) is 10.0. The van der Waals surface area contributed by atoms with E-state index in [1.165, 1.54) is 4.68 Å². The van der Waals surface area contributed by atoms with Gasteiger partial charge in [0, 0.05) is 38.0 Å². The van der Waals surface area contributed by atoms with E-state index in [1.807, 2.05) is 48.7 Å². The van der Waals surface area contributed by atoms with Gasteiger partial charge in [-0.3, -0.25) is 9.69 Å². The van der Waals surface area contributed by atoms with E-state index < -0.39 is 0 Å². The molecule has 168 valence electrons. The van der Waals surface area contributed by atoms with Gasteiger partial charge in [0.1, 0.15) is 5.82 Å². The maximum absolute atomic E-state index is 13.6. The minimum absolute atomic E-state index is 0.0726. The topological polar surface area (TPSA) is 41.4 Å². The lowest BCUT2D eigenvalue weighted by Crippen LogP contribution is -2.46. The fourth-order valence-corrected chi connectivity index (χ4v) is 4.93. The molecule has 1 aliphatic rings. The molecule has 2 aromatic carbocycles. The van der Waals surface area contributed by atoms with E-state index in [-0.39, 0.29) is 16.6 Å². The molecule has 1 aromatic heterocycles.